The standard InChI is InChI=1S/C16H13N5O/c1-11-20-16(22-21-11)14-6-7-18-15(8-14)19-10-13-4-2-12(9-17)3-5-13/h2-8H,10H2,1H3,(H,18,19). The van der Waals surface area contributed by atoms with Crippen LogP contribution in [-0.2, 0) is 6.54 Å². The van der Waals surface area contributed by atoms with Crippen molar-refractivity contribution in [1.29, 1.82) is 5.26 Å². The Morgan fingerprint density at radius 3 is 2.73 bits per heavy atom. The van der Waals surface area contributed by atoms with E-state index in [1.54, 1.807) is 25.3 Å². The van der Waals surface area contributed by atoms with Crippen molar-refractivity contribution in [1.82, 2.24) is 15.1 Å². The van der Waals surface area contributed by atoms with E-state index in [0.717, 1.165) is 16.9 Å². The molecule has 6 nitrogen and oxygen atoms in total. The van der Waals surface area contributed by atoms with Crippen LogP contribution in [0.1, 0.15) is 17.0 Å². The molecule has 2 aromatic heterocycles. The van der Waals surface area contributed by atoms with Gasteiger partial charge in [0.05, 0.1) is 11.6 Å². The molecule has 0 aliphatic rings. The van der Waals surface area contributed by atoms with Crippen molar-refractivity contribution < 1.29 is 4.52 Å². The molecule has 0 radical (unpaired) electrons. The fraction of sp³-hybridized carbons (Fsp3) is 0.125. The maximum absolute atomic E-state index is 8.78. The zero-order valence-electron chi connectivity index (χ0n) is 11.9. The maximum atomic E-state index is 8.78. The molecule has 0 aliphatic heterocycles. The SMILES string of the molecule is Cc1noc(-c2ccnc(NCc3ccc(C#N)cc3)c2)n1. The highest BCUT2D eigenvalue weighted by molar-refractivity contribution is 5.57. The summed E-state index contributed by atoms with van der Waals surface area (Å²) in [6.07, 6.45) is 1.69. The van der Waals surface area contributed by atoms with Gasteiger partial charge < -0.3 is 9.84 Å². The van der Waals surface area contributed by atoms with Crippen LogP contribution in [0.3, 0.4) is 0 Å². The summed E-state index contributed by atoms with van der Waals surface area (Å²) < 4.78 is 5.15. The molecule has 0 unspecified atom stereocenters. The monoisotopic (exact) mass is 291 g/mol. The first kappa shape index (κ1) is 13.8. The number of hydrogen-bond donors (Lipinski definition) is 1. The van der Waals surface area contributed by atoms with E-state index in [9.17, 15) is 0 Å². The number of rotatable bonds is 4. The Kier molecular flexibility index (Phi) is 3.79. The van der Waals surface area contributed by atoms with E-state index >= 15 is 0 Å². The van der Waals surface area contributed by atoms with Crippen molar-refractivity contribution in [3.05, 3.63) is 59.5 Å². The van der Waals surface area contributed by atoms with Gasteiger partial charge in [-0.1, -0.05) is 17.3 Å². The van der Waals surface area contributed by atoms with Gasteiger partial charge >= 0.3 is 0 Å². The van der Waals surface area contributed by atoms with Gasteiger partial charge in [-0.05, 0) is 36.8 Å². The molecule has 1 aromatic carbocycles. The Morgan fingerprint density at radius 2 is 2.05 bits per heavy atom. The summed E-state index contributed by atoms with van der Waals surface area (Å²) in [5.41, 5.74) is 2.54. The Hall–Kier alpha value is -3.20. The summed E-state index contributed by atoms with van der Waals surface area (Å²) in [5.74, 6) is 1.79. The minimum absolute atomic E-state index is 0.473. The summed E-state index contributed by atoms with van der Waals surface area (Å²) >= 11 is 0. The van der Waals surface area contributed by atoms with Crippen molar-refractivity contribution in [3.8, 4) is 17.5 Å². The molecule has 2 heterocycles. The Balaban J connectivity index is 1.71. The first-order valence-corrected chi connectivity index (χ1v) is 6.74. The van der Waals surface area contributed by atoms with Gasteiger partial charge in [0, 0.05) is 18.3 Å². The molecule has 0 spiro atoms. The van der Waals surface area contributed by atoms with E-state index in [-0.39, 0.29) is 0 Å². The molecule has 0 aliphatic carbocycles. The van der Waals surface area contributed by atoms with Crippen LogP contribution in [0.15, 0.2) is 47.1 Å². The smallest absolute Gasteiger partial charge is 0.258 e. The number of aromatic nitrogens is 3. The third-order valence-electron chi connectivity index (χ3n) is 3.09. The van der Waals surface area contributed by atoms with E-state index in [2.05, 4.69) is 26.5 Å². The van der Waals surface area contributed by atoms with Crippen molar-refractivity contribution in [2.75, 3.05) is 5.32 Å². The van der Waals surface area contributed by atoms with Crippen LogP contribution in [0.4, 0.5) is 5.82 Å². The van der Waals surface area contributed by atoms with Gasteiger partial charge in [0.2, 0.25) is 0 Å². The lowest BCUT2D eigenvalue weighted by Gasteiger charge is -2.06. The summed E-state index contributed by atoms with van der Waals surface area (Å²) in [7, 11) is 0. The number of aryl methyl sites for hydroxylation is 1. The summed E-state index contributed by atoms with van der Waals surface area (Å²) in [6.45, 7) is 2.39. The van der Waals surface area contributed by atoms with Crippen LogP contribution in [0.5, 0.6) is 0 Å². The number of nitrogens with zero attached hydrogens (tertiary/aromatic N) is 4. The molecule has 0 fully saturated rings. The van der Waals surface area contributed by atoms with Crippen molar-refractivity contribution in [3.63, 3.8) is 0 Å². The van der Waals surface area contributed by atoms with Crippen LogP contribution >= 0.6 is 0 Å². The van der Waals surface area contributed by atoms with E-state index in [1.807, 2.05) is 24.3 Å². The normalized spacial score (nSPS) is 10.2. The molecule has 0 bridgehead atoms. The maximum Gasteiger partial charge on any atom is 0.258 e. The van der Waals surface area contributed by atoms with Gasteiger partial charge in [-0.25, -0.2) is 4.98 Å². The summed E-state index contributed by atoms with van der Waals surface area (Å²) in [6, 6.07) is 13.2. The average molecular weight is 291 g/mol. The molecule has 108 valence electrons. The number of anilines is 1. The van der Waals surface area contributed by atoms with Gasteiger partial charge in [-0.2, -0.15) is 10.2 Å². The minimum Gasteiger partial charge on any atom is -0.366 e. The van der Waals surface area contributed by atoms with E-state index in [4.69, 9.17) is 9.78 Å². The predicted octanol–water partition coefficient (Wildman–Crippen LogP) is 2.92. The first-order chi connectivity index (χ1) is 10.7. The lowest BCUT2D eigenvalue weighted by Crippen LogP contribution is -2.01. The summed E-state index contributed by atoms with van der Waals surface area (Å²) in [5, 5.41) is 15.8. The third-order valence-corrected chi connectivity index (χ3v) is 3.09. The van der Waals surface area contributed by atoms with Gasteiger partial charge in [0.15, 0.2) is 5.82 Å². The van der Waals surface area contributed by atoms with Crippen LogP contribution in [0.25, 0.3) is 11.5 Å². The fourth-order valence-electron chi connectivity index (χ4n) is 1.96. The molecular weight excluding hydrogens is 278 g/mol. The zero-order valence-corrected chi connectivity index (χ0v) is 11.9. The number of hydrogen-bond acceptors (Lipinski definition) is 6. The quantitative estimate of drug-likeness (QED) is 0.795. The third kappa shape index (κ3) is 3.10. The average Bonchev–Trinajstić information content (AvgIpc) is 3.00. The van der Waals surface area contributed by atoms with E-state index in [0.29, 0.717) is 23.8 Å². The lowest BCUT2D eigenvalue weighted by atomic mass is 10.1. The van der Waals surface area contributed by atoms with Gasteiger partial charge in [-0.15, -0.1) is 0 Å². The molecular formula is C16H13N5O. The summed E-state index contributed by atoms with van der Waals surface area (Å²) in [4.78, 5) is 8.46. The van der Waals surface area contributed by atoms with Crippen LogP contribution in [0, 0.1) is 18.3 Å². The number of nitriles is 1. The molecule has 0 saturated carbocycles. The number of pyridine rings is 1. The molecule has 3 aromatic rings. The highest BCUT2D eigenvalue weighted by Crippen LogP contribution is 2.19. The molecule has 0 atom stereocenters. The predicted molar refractivity (Wildman–Crippen MR) is 80.7 cm³/mol. The zero-order chi connectivity index (χ0) is 15.4. The van der Waals surface area contributed by atoms with E-state index < -0.39 is 0 Å². The van der Waals surface area contributed by atoms with E-state index in [1.165, 1.54) is 0 Å². The fourth-order valence-corrected chi connectivity index (χ4v) is 1.96. The topological polar surface area (TPSA) is 87.6 Å². The highest BCUT2D eigenvalue weighted by Gasteiger charge is 2.07. The van der Waals surface area contributed by atoms with Gasteiger partial charge in [-0.3, -0.25) is 0 Å². The molecule has 3 rings (SSSR count). The van der Waals surface area contributed by atoms with Crippen LogP contribution < -0.4 is 5.32 Å². The lowest BCUT2D eigenvalue weighted by molar-refractivity contribution is 0.425. The molecule has 6 heteroatoms. The second kappa shape index (κ2) is 6.06. The molecule has 0 amide bonds. The molecule has 22 heavy (non-hydrogen) atoms. The van der Waals surface area contributed by atoms with Crippen LogP contribution in [0.2, 0.25) is 0 Å². The Bertz CT molecular complexity index is 817. The van der Waals surface area contributed by atoms with Crippen LogP contribution in [-0.4, -0.2) is 15.1 Å². The highest BCUT2D eigenvalue weighted by atomic mass is 16.5. The number of benzene rings is 1. The van der Waals surface area contributed by atoms with Crippen molar-refractivity contribution in [2.45, 2.75) is 13.5 Å². The van der Waals surface area contributed by atoms with Crippen molar-refractivity contribution in [2.24, 2.45) is 0 Å². The molecule has 0 saturated heterocycles. The second-order valence-corrected chi connectivity index (χ2v) is 4.74. The Labute approximate surface area is 127 Å². The Morgan fingerprint density at radius 1 is 1.23 bits per heavy atom. The van der Waals surface area contributed by atoms with Gasteiger partial charge in [0.25, 0.3) is 5.89 Å². The first-order valence-electron chi connectivity index (χ1n) is 6.74. The van der Waals surface area contributed by atoms with Gasteiger partial charge in [0.1, 0.15) is 5.82 Å². The largest absolute Gasteiger partial charge is 0.366 e. The van der Waals surface area contributed by atoms with Crippen molar-refractivity contribution >= 4 is 5.82 Å². The second-order valence-electron chi connectivity index (χ2n) is 4.74. The minimum atomic E-state index is 0.473. The number of nitrogens with one attached hydrogen (secondary N) is 1. The molecule has 1 N–H and O–H groups in total.